The molecule has 11 heteroatoms. The number of nitrogens with one attached hydrogen (secondary N) is 1. The number of aromatic nitrogens is 4. The van der Waals surface area contributed by atoms with Gasteiger partial charge >= 0.3 is 0 Å². The largest absolute Gasteiger partial charge is 0.383 e. The summed E-state index contributed by atoms with van der Waals surface area (Å²) in [5.74, 6) is -2.22. The number of pyridine rings is 1. The first kappa shape index (κ1) is 23.9. The van der Waals surface area contributed by atoms with Crippen LogP contribution in [0.3, 0.4) is 0 Å². The first-order valence-corrected chi connectivity index (χ1v) is 12.0. The number of halogens is 1. The average Bonchev–Trinajstić information content (AvgIpc) is 3.34. The predicted octanol–water partition coefficient (Wildman–Crippen LogP) is 4.13. The highest BCUT2D eigenvalue weighted by Gasteiger charge is 2.18. The maximum absolute atomic E-state index is 15.6. The Hall–Kier alpha value is -4.77. The van der Waals surface area contributed by atoms with Crippen molar-refractivity contribution in [2.45, 2.75) is 13.3 Å². The number of nitrogens with zero attached hydrogens (tertiary/aromatic N) is 4. The number of fused-ring (bicyclic) bond motifs is 1. The molecule has 0 aliphatic carbocycles. The Morgan fingerprint density at radius 2 is 1.81 bits per heavy atom. The molecule has 2 amide bonds. The molecule has 0 spiro atoms. The summed E-state index contributed by atoms with van der Waals surface area (Å²) in [5.41, 5.74) is 15.0. The number of anilines is 2. The van der Waals surface area contributed by atoms with Crippen LogP contribution in [0, 0.1) is 12.7 Å². The van der Waals surface area contributed by atoms with Crippen molar-refractivity contribution in [3.63, 3.8) is 0 Å². The second-order valence-corrected chi connectivity index (χ2v) is 9.11. The number of primary amides is 1. The molecule has 0 radical (unpaired) electrons. The van der Waals surface area contributed by atoms with Crippen LogP contribution in [0.25, 0.3) is 32.6 Å². The minimum Gasteiger partial charge on any atom is -0.383 e. The molecule has 184 valence electrons. The third kappa shape index (κ3) is 4.84. The van der Waals surface area contributed by atoms with Crippen molar-refractivity contribution in [1.82, 2.24) is 19.9 Å². The molecule has 0 unspecified atom stereocenters. The number of hydrogen-bond acceptors (Lipinski definition) is 8. The number of nitrogens with two attached hydrogens (primary N) is 2. The van der Waals surface area contributed by atoms with Gasteiger partial charge in [0.15, 0.2) is 0 Å². The molecule has 5 aromatic rings. The number of benzene rings is 2. The van der Waals surface area contributed by atoms with Crippen LogP contribution in [-0.2, 0) is 11.2 Å². The number of nitrogen functional groups attached to an aromatic ring is 1. The van der Waals surface area contributed by atoms with Crippen LogP contribution in [-0.4, -0.2) is 31.8 Å². The summed E-state index contributed by atoms with van der Waals surface area (Å²) in [5, 5.41) is 5.50. The van der Waals surface area contributed by atoms with E-state index in [1.165, 1.54) is 11.3 Å². The van der Waals surface area contributed by atoms with Crippen LogP contribution in [0.5, 0.6) is 0 Å². The third-order valence-corrected chi connectivity index (χ3v) is 6.62. The molecule has 0 saturated heterocycles. The van der Waals surface area contributed by atoms with Crippen molar-refractivity contribution in [2.75, 3.05) is 11.1 Å². The van der Waals surface area contributed by atoms with E-state index in [1.54, 1.807) is 42.7 Å². The molecular formula is C26H20FN7O2S. The van der Waals surface area contributed by atoms with Crippen molar-refractivity contribution in [3.8, 4) is 21.7 Å². The number of rotatable bonds is 6. The van der Waals surface area contributed by atoms with Crippen LogP contribution in [0.15, 0.2) is 60.2 Å². The van der Waals surface area contributed by atoms with Crippen molar-refractivity contribution < 1.29 is 14.0 Å². The molecule has 0 saturated carbocycles. The minimum absolute atomic E-state index is 0.00938. The van der Waals surface area contributed by atoms with Crippen LogP contribution in [0.1, 0.15) is 21.9 Å². The van der Waals surface area contributed by atoms with Crippen LogP contribution in [0.4, 0.5) is 15.9 Å². The average molecular weight is 514 g/mol. The molecular weight excluding hydrogens is 493 g/mol. The summed E-state index contributed by atoms with van der Waals surface area (Å²) >= 11 is 1.45. The fourth-order valence-electron chi connectivity index (χ4n) is 3.90. The monoisotopic (exact) mass is 513 g/mol. The van der Waals surface area contributed by atoms with Crippen molar-refractivity contribution in [3.05, 3.63) is 83.1 Å². The van der Waals surface area contributed by atoms with Crippen molar-refractivity contribution in [2.24, 2.45) is 5.73 Å². The van der Waals surface area contributed by atoms with E-state index in [1.807, 2.05) is 24.4 Å². The second kappa shape index (κ2) is 9.70. The Kier molecular flexibility index (Phi) is 6.28. The lowest BCUT2D eigenvalue weighted by Gasteiger charge is -2.13. The highest BCUT2D eigenvalue weighted by Crippen LogP contribution is 2.34. The van der Waals surface area contributed by atoms with Gasteiger partial charge in [0, 0.05) is 34.6 Å². The molecule has 0 aliphatic rings. The Morgan fingerprint density at radius 3 is 2.57 bits per heavy atom. The molecule has 0 bridgehead atoms. The van der Waals surface area contributed by atoms with E-state index >= 15 is 4.39 Å². The van der Waals surface area contributed by atoms with E-state index in [9.17, 15) is 9.59 Å². The molecule has 3 heterocycles. The zero-order valence-corrected chi connectivity index (χ0v) is 20.3. The van der Waals surface area contributed by atoms with Gasteiger partial charge in [0.1, 0.15) is 16.6 Å². The van der Waals surface area contributed by atoms with Gasteiger partial charge in [-0.3, -0.25) is 14.6 Å². The Labute approximate surface area is 214 Å². The molecule has 0 aliphatic heterocycles. The molecule has 5 rings (SSSR count). The molecule has 2 aromatic carbocycles. The summed E-state index contributed by atoms with van der Waals surface area (Å²) in [7, 11) is 0. The molecule has 5 N–H and O–H groups in total. The van der Waals surface area contributed by atoms with Gasteiger partial charge in [-0.25, -0.2) is 19.3 Å². The Morgan fingerprint density at radius 1 is 1.03 bits per heavy atom. The van der Waals surface area contributed by atoms with Gasteiger partial charge in [-0.05, 0) is 54.4 Å². The van der Waals surface area contributed by atoms with Gasteiger partial charge < -0.3 is 16.8 Å². The Bertz CT molecular complexity index is 1670. The molecule has 0 fully saturated rings. The van der Waals surface area contributed by atoms with Gasteiger partial charge in [-0.15, -0.1) is 11.3 Å². The quantitative estimate of drug-likeness (QED) is 0.309. The maximum atomic E-state index is 15.6. The standard InChI is InChI=1S/C26H20FN7O2S/c1-13-2-3-15(31-20(35)11-16-12-37-26(32-16)14-6-8-30-9-7-14)10-18(13)17-4-5-19-21(22(17)27)23(28)34-25(33-19)24(29)36/h2-10,12H,11H2,1H3,(H2,29,36)(H,31,35)(H2,28,33,34). The lowest BCUT2D eigenvalue weighted by Crippen LogP contribution is -2.16. The van der Waals surface area contributed by atoms with Gasteiger partial charge in [-0.2, -0.15) is 0 Å². The summed E-state index contributed by atoms with van der Waals surface area (Å²) in [6, 6.07) is 12.0. The fraction of sp³-hybridized carbons (Fsp3) is 0.0769. The second-order valence-electron chi connectivity index (χ2n) is 8.25. The maximum Gasteiger partial charge on any atom is 0.286 e. The van der Waals surface area contributed by atoms with Crippen molar-refractivity contribution in [1.29, 1.82) is 0 Å². The summed E-state index contributed by atoms with van der Waals surface area (Å²) in [4.78, 5) is 40.5. The summed E-state index contributed by atoms with van der Waals surface area (Å²) < 4.78 is 15.6. The first-order valence-electron chi connectivity index (χ1n) is 11.1. The van der Waals surface area contributed by atoms with E-state index in [0.717, 1.165) is 16.1 Å². The topological polar surface area (TPSA) is 150 Å². The smallest absolute Gasteiger partial charge is 0.286 e. The van der Waals surface area contributed by atoms with Gasteiger partial charge in [0.25, 0.3) is 5.91 Å². The molecule has 3 aromatic heterocycles. The van der Waals surface area contributed by atoms with Crippen LogP contribution < -0.4 is 16.8 Å². The summed E-state index contributed by atoms with van der Waals surface area (Å²) in [6.45, 7) is 1.83. The molecule has 37 heavy (non-hydrogen) atoms. The van der Waals surface area contributed by atoms with E-state index < -0.39 is 11.7 Å². The third-order valence-electron chi connectivity index (χ3n) is 5.68. The van der Waals surface area contributed by atoms with E-state index in [2.05, 4.69) is 25.3 Å². The van der Waals surface area contributed by atoms with Crippen LogP contribution in [0.2, 0.25) is 0 Å². The lowest BCUT2D eigenvalue weighted by molar-refractivity contribution is -0.115. The van der Waals surface area contributed by atoms with Gasteiger partial charge in [0.05, 0.1) is 23.0 Å². The number of amides is 2. The zero-order valence-electron chi connectivity index (χ0n) is 19.5. The lowest BCUT2D eigenvalue weighted by atomic mass is 9.97. The highest BCUT2D eigenvalue weighted by molar-refractivity contribution is 7.13. The minimum atomic E-state index is -0.858. The Balaban J connectivity index is 1.40. The molecule has 0 atom stereocenters. The number of hydrogen-bond donors (Lipinski definition) is 3. The van der Waals surface area contributed by atoms with Crippen molar-refractivity contribution >= 4 is 45.6 Å². The first-order chi connectivity index (χ1) is 17.8. The fourth-order valence-corrected chi connectivity index (χ4v) is 4.73. The SMILES string of the molecule is Cc1ccc(NC(=O)Cc2csc(-c3ccncc3)n2)cc1-c1ccc2nc(C(N)=O)nc(N)c2c1F. The number of carbonyl (C=O) groups excluding carboxylic acids is 2. The van der Waals surface area contributed by atoms with E-state index in [0.29, 0.717) is 16.9 Å². The van der Waals surface area contributed by atoms with Gasteiger partial charge in [-0.1, -0.05) is 6.07 Å². The van der Waals surface area contributed by atoms with E-state index in [4.69, 9.17) is 11.5 Å². The predicted molar refractivity (Wildman–Crippen MR) is 140 cm³/mol. The zero-order chi connectivity index (χ0) is 26.1. The van der Waals surface area contributed by atoms with Gasteiger partial charge in [0.2, 0.25) is 11.7 Å². The number of thiazole rings is 1. The number of carbonyl (C=O) groups is 2. The van der Waals surface area contributed by atoms with E-state index in [-0.39, 0.29) is 40.4 Å². The highest BCUT2D eigenvalue weighted by atomic mass is 32.1. The summed E-state index contributed by atoms with van der Waals surface area (Å²) in [6.07, 6.45) is 3.47. The van der Waals surface area contributed by atoms with Crippen LogP contribution >= 0.6 is 11.3 Å². The number of aryl methyl sites for hydroxylation is 1. The molecule has 9 nitrogen and oxygen atoms in total. The normalized spacial score (nSPS) is 11.0.